The molecule has 19 heavy (non-hydrogen) atoms. The smallest absolute Gasteiger partial charge is 0.128 e. The molecule has 1 N–H and O–H groups in total. The Bertz CT molecular complexity index is 439. The Balaban J connectivity index is 2.35. The molecule has 2 rings (SSSR count). The highest BCUT2D eigenvalue weighted by molar-refractivity contribution is 5.28. The third-order valence-corrected chi connectivity index (χ3v) is 4.79. The minimum Gasteiger partial charge on any atom is -0.313 e. The van der Waals surface area contributed by atoms with E-state index >= 15 is 0 Å². The van der Waals surface area contributed by atoms with E-state index in [1.807, 2.05) is 26.1 Å². The maximum Gasteiger partial charge on any atom is 0.128 e. The van der Waals surface area contributed by atoms with Gasteiger partial charge < -0.3 is 5.32 Å². The maximum absolute atomic E-state index is 14.2. The van der Waals surface area contributed by atoms with Crippen molar-refractivity contribution < 1.29 is 4.39 Å². The van der Waals surface area contributed by atoms with Crippen LogP contribution in [-0.4, -0.2) is 7.05 Å². The third kappa shape index (κ3) is 3.00. The van der Waals surface area contributed by atoms with Crippen LogP contribution in [-0.2, 0) is 0 Å². The summed E-state index contributed by atoms with van der Waals surface area (Å²) in [5, 5.41) is 3.37. The number of rotatable bonds is 3. The predicted molar refractivity (Wildman–Crippen MR) is 78.7 cm³/mol. The lowest BCUT2D eigenvalue weighted by atomic mass is 9.64. The largest absolute Gasteiger partial charge is 0.313 e. The SMILES string of the molecule is CNC(c1cc(C)ccc1F)C1CCCCC1(C)C. The van der Waals surface area contributed by atoms with Crippen LogP contribution in [0, 0.1) is 24.1 Å². The Hall–Kier alpha value is -0.890. The van der Waals surface area contributed by atoms with Crippen LogP contribution in [0.25, 0.3) is 0 Å². The summed E-state index contributed by atoms with van der Waals surface area (Å²) in [5.74, 6) is 0.425. The fraction of sp³-hybridized carbons (Fsp3) is 0.647. The van der Waals surface area contributed by atoms with Gasteiger partial charge in [0, 0.05) is 11.6 Å². The summed E-state index contributed by atoms with van der Waals surface area (Å²) in [7, 11) is 1.96. The molecule has 1 aliphatic carbocycles. The Morgan fingerprint density at radius 2 is 2.05 bits per heavy atom. The van der Waals surface area contributed by atoms with E-state index in [4.69, 9.17) is 0 Å². The molecule has 0 aliphatic heterocycles. The van der Waals surface area contributed by atoms with Crippen LogP contribution in [0.4, 0.5) is 4.39 Å². The molecule has 1 fully saturated rings. The van der Waals surface area contributed by atoms with E-state index in [1.165, 1.54) is 25.7 Å². The van der Waals surface area contributed by atoms with Gasteiger partial charge in [-0.1, -0.05) is 44.4 Å². The average molecular weight is 263 g/mol. The maximum atomic E-state index is 14.2. The van der Waals surface area contributed by atoms with Gasteiger partial charge in [-0.05, 0) is 44.2 Å². The van der Waals surface area contributed by atoms with Crippen LogP contribution in [0.3, 0.4) is 0 Å². The molecule has 1 aliphatic rings. The monoisotopic (exact) mass is 263 g/mol. The number of hydrogen-bond donors (Lipinski definition) is 1. The lowest BCUT2D eigenvalue weighted by Crippen LogP contribution is -2.38. The lowest BCUT2D eigenvalue weighted by Gasteiger charge is -2.43. The van der Waals surface area contributed by atoms with Gasteiger partial charge in [0.2, 0.25) is 0 Å². The molecular formula is C17H26FN. The molecule has 0 heterocycles. The normalized spacial score (nSPS) is 24.2. The quantitative estimate of drug-likeness (QED) is 0.839. The standard InChI is InChI=1S/C17H26FN/c1-12-8-9-15(18)13(11-12)16(19-4)14-7-5-6-10-17(14,2)3/h8-9,11,14,16,19H,5-7,10H2,1-4H3. The van der Waals surface area contributed by atoms with E-state index in [9.17, 15) is 4.39 Å². The zero-order valence-corrected chi connectivity index (χ0v) is 12.6. The average Bonchev–Trinajstić information content (AvgIpc) is 2.36. The van der Waals surface area contributed by atoms with Gasteiger partial charge in [-0.3, -0.25) is 0 Å². The van der Waals surface area contributed by atoms with Crippen molar-refractivity contribution in [1.29, 1.82) is 0 Å². The van der Waals surface area contributed by atoms with Crippen molar-refractivity contribution in [3.05, 3.63) is 35.1 Å². The van der Waals surface area contributed by atoms with E-state index in [2.05, 4.69) is 19.2 Å². The summed E-state index contributed by atoms with van der Waals surface area (Å²) in [5.41, 5.74) is 2.25. The van der Waals surface area contributed by atoms with Crippen molar-refractivity contribution >= 4 is 0 Å². The molecule has 0 spiro atoms. The molecule has 0 radical (unpaired) electrons. The Morgan fingerprint density at radius 1 is 1.32 bits per heavy atom. The first kappa shape index (κ1) is 14.5. The molecule has 0 aromatic heterocycles. The van der Waals surface area contributed by atoms with Crippen molar-refractivity contribution in [2.75, 3.05) is 7.05 Å². The molecule has 1 aromatic carbocycles. The van der Waals surface area contributed by atoms with Crippen molar-refractivity contribution in [3.63, 3.8) is 0 Å². The summed E-state index contributed by atoms with van der Waals surface area (Å²) >= 11 is 0. The molecule has 106 valence electrons. The molecule has 1 nitrogen and oxygen atoms in total. The summed E-state index contributed by atoms with van der Waals surface area (Å²) in [6.07, 6.45) is 4.99. The first-order valence-corrected chi connectivity index (χ1v) is 7.39. The first-order valence-electron chi connectivity index (χ1n) is 7.39. The van der Waals surface area contributed by atoms with Crippen molar-refractivity contribution in [2.24, 2.45) is 11.3 Å². The molecule has 2 unspecified atom stereocenters. The third-order valence-electron chi connectivity index (χ3n) is 4.79. The van der Waals surface area contributed by atoms with Gasteiger partial charge >= 0.3 is 0 Å². The van der Waals surface area contributed by atoms with E-state index in [0.29, 0.717) is 5.92 Å². The zero-order chi connectivity index (χ0) is 14.0. The highest BCUT2D eigenvalue weighted by Gasteiger charge is 2.38. The molecule has 1 saturated carbocycles. The van der Waals surface area contributed by atoms with Gasteiger partial charge in [-0.2, -0.15) is 0 Å². The second kappa shape index (κ2) is 5.62. The predicted octanol–water partition coefficient (Wildman–Crippen LogP) is 4.61. The van der Waals surface area contributed by atoms with Gasteiger partial charge in [0.25, 0.3) is 0 Å². The zero-order valence-electron chi connectivity index (χ0n) is 12.6. The van der Waals surface area contributed by atoms with Crippen molar-refractivity contribution in [1.82, 2.24) is 5.32 Å². The van der Waals surface area contributed by atoms with Crippen LogP contribution >= 0.6 is 0 Å². The Morgan fingerprint density at radius 3 is 2.68 bits per heavy atom. The second-order valence-electron chi connectivity index (χ2n) is 6.63. The molecular weight excluding hydrogens is 237 g/mol. The van der Waals surface area contributed by atoms with Gasteiger partial charge in [0.15, 0.2) is 0 Å². The van der Waals surface area contributed by atoms with E-state index in [-0.39, 0.29) is 17.3 Å². The van der Waals surface area contributed by atoms with Gasteiger partial charge in [0.05, 0.1) is 0 Å². The fourth-order valence-electron chi connectivity index (χ4n) is 3.61. The second-order valence-corrected chi connectivity index (χ2v) is 6.63. The molecule has 2 heteroatoms. The minimum atomic E-state index is -0.0775. The molecule has 0 saturated heterocycles. The van der Waals surface area contributed by atoms with Crippen molar-refractivity contribution in [2.45, 2.75) is 52.5 Å². The number of benzene rings is 1. The summed E-state index contributed by atoms with van der Waals surface area (Å²) in [4.78, 5) is 0. The summed E-state index contributed by atoms with van der Waals surface area (Å²) < 4.78 is 14.2. The topological polar surface area (TPSA) is 12.0 Å². The minimum absolute atomic E-state index is 0.0775. The highest BCUT2D eigenvalue weighted by Crippen LogP contribution is 2.47. The molecule has 1 aromatic rings. The lowest BCUT2D eigenvalue weighted by molar-refractivity contribution is 0.0998. The number of nitrogens with one attached hydrogen (secondary N) is 1. The molecule has 0 amide bonds. The Labute approximate surface area is 116 Å². The highest BCUT2D eigenvalue weighted by atomic mass is 19.1. The molecule has 0 bridgehead atoms. The van der Waals surface area contributed by atoms with Crippen LogP contribution in [0.15, 0.2) is 18.2 Å². The van der Waals surface area contributed by atoms with Crippen LogP contribution in [0.1, 0.15) is 56.7 Å². The van der Waals surface area contributed by atoms with E-state index in [1.54, 1.807) is 6.07 Å². The van der Waals surface area contributed by atoms with E-state index in [0.717, 1.165) is 11.1 Å². The molecule has 2 atom stereocenters. The summed E-state index contributed by atoms with van der Waals surface area (Å²) in [6.45, 7) is 6.69. The number of hydrogen-bond acceptors (Lipinski definition) is 1. The van der Waals surface area contributed by atoms with Crippen LogP contribution in [0.5, 0.6) is 0 Å². The van der Waals surface area contributed by atoms with Crippen LogP contribution < -0.4 is 5.32 Å². The van der Waals surface area contributed by atoms with E-state index < -0.39 is 0 Å². The summed E-state index contributed by atoms with van der Waals surface area (Å²) in [6, 6.07) is 5.57. The van der Waals surface area contributed by atoms with Gasteiger partial charge in [-0.25, -0.2) is 4.39 Å². The van der Waals surface area contributed by atoms with Gasteiger partial charge in [0.1, 0.15) is 5.82 Å². The fourth-order valence-corrected chi connectivity index (χ4v) is 3.61. The number of halogens is 1. The number of aryl methyl sites for hydroxylation is 1. The van der Waals surface area contributed by atoms with Crippen molar-refractivity contribution in [3.8, 4) is 0 Å². The first-order chi connectivity index (χ1) is 8.95. The Kier molecular flexibility index (Phi) is 4.29. The van der Waals surface area contributed by atoms with Crippen LogP contribution in [0.2, 0.25) is 0 Å². The van der Waals surface area contributed by atoms with Gasteiger partial charge in [-0.15, -0.1) is 0 Å².